The molecule has 0 saturated heterocycles. The van der Waals surface area contributed by atoms with Gasteiger partial charge in [0.25, 0.3) is 0 Å². The second kappa shape index (κ2) is 6.51. The van der Waals surface area contributed by atoms with Crippen LogP contribution in [0.25, 0.3) is 0 Å². The summed E-state index contributed by atoms with van der Waals surface area (Å²) < 4.78 is 12.4. The van der Waals surface area contributed by atoms with E-state index in [-0.39, 0.29) is 6.10 Å². The highest BCUT2D eigenvalue weighted by Gasteiger charge is 2.42. The molecular formula is C15H18BrNO2. The zero-order chi connectivity index (χ0) is 13.7. The van der Waals surface area contributed by atoms with Gasteiger partial charge in [-0.2, -0.15) is 5.26 Å². The molecule has 0 spiro atoms. The van der Waals surface area contributed by atoms with Gasteiger partial charge in [0.2, 0.25) is 0 Å². The third-order valence-electron chi connectivity index (χ3n) is 3.67. The molecule has 3 nitrogen and oxygen atoms in total. The fourth-order valence-corrected chi connectivity index (χ4v) is 2.80. The van der Waals surface area contributed by atoms with Crippen molar-refractivity contribution in [1.29, 1.82) is 5.26 Å². The Hall–Kier alpha value is -0.890. The molecule has 1 aromatic rings. The van der Waals surface area contributed by atoms with Crippen LogP contribution >= 0.6 is 15.9 Å². The lowest BCUT2D eigenvalue weighted by Crippen LogP contribution is -2.47. The Kier molecular flexibility index (Phi) is 4.98. The van der Waals surface area contributed by atoms with Gasteiger partial charge < -0.3 is 9.47 Å². The molecule has 2 atom stereocenters. The molecule has 4 heteroatoms. The maximum absolute atomic E-state index is 9.50. The summed E-state index contributed by atoms with van der Waals surface area (Å²) in [5.74, 6) is 0. The van der Waals surface area contributed by atoms with Crippen molar-refractivity contribution in [2.45, 2.75) is 44.0 Å². The van der Waals surface area contributed by atoms with Crippen LogP contribution in [0.1, 0.15) is 31.2 Å². The molecule has 2 rings (SSSR count). The second-order valence-electron chi connectivity index (χ2n) is 4.89. The number of halogens is 1. The number of benzene rings is 1. The van der Waals surface area contributed by atoms with Gasteiger partial charge in [0.15, 0.2) is 5.60 Å². The minimum atomic E-state index is -0.792. The van der Waals surface area contributed by atoms with Crippen LogP contribution in [0.5, 0.6) is 0 Å². The molecule has 1 aliphatic carbocycles. The maximum Gasteiger partial charge on any atom is 0.180 e. The van der Waals surface area contributed by atoms with Gasteiger partial charge in [-0.1, -0.05) is 34.5 Å². The first kappa shape index (κ1) is 14.5. The number of methoxy groups -OCH3 is 1. The van der Waals surface area contributed by atoms with Crippen LogP contribution in [-0.2, 0) is 16.1 Å². The van der Waals surface area contributed by atoms with E-state index in [2.05, 4.69) is 22.0 Å². The first-order valence-electron chi connectivity index (χ1n) is 6.52. The minimum Gasteiger partial charge on any atom is -0.377 e. The van der Waals surface area contributed by atoms with Crippen LogP contribution in [0, 0.1) is 11.3 Å². The Morgan fingerprint density at radius 3 is 2.74 bits per heavy atom. The number of hydrogen-bond acceptors (Lipinski definition) is 3. The Morgan fingerprint density at radius 1 is 1.37 bits per heavy atom. The highest BCUT2D eigenvalue weighted by atomic mass is 79.9. The molecule has 1 aromatic carbocycles. The average molecular weight is 324 g/mol. The van der Waals surface area contributed by atoms with E-state index < -0.39 is 5.60 Å². The third kappa shape index (κ3) is 3.36. The molecular weight excluding hydrogens is 306 g/mol. The van der Waals surface area contributed by atoms with Crippen molar-refractivity contribution < 1.29 is 9.47 Å². The SMILES string of the molecule is CO[C@@H]1CCCC[C@@]1(C#N)OCc1ccc(Br)cc1. The van der Waals surface area contributed by atoms with E-state index in [1.54, 1.807) is 7.11 Å². The first-order valence-corrected chi connectivity index (χ1v) is 7.32. The monoisotopic (exact) mass is 323 g/mol. The molecule has 102 valence electrons. The highest BCUT2D eigenvalue weighted by Crippen LogP contribution is 2.34. The average Bonchev–Trinajstić information content (AvgIpc) is 2.47. The minimum absolute atomic E-state index is 0.123. The number of nitriles is 1. The molecule has 0 N–H and O–H groups in total. The van der Waals surface area contributed by atoms with Crippen LogP contribution in [0.3, 0.4) is 0 Å². The molecule has 0 heterocycles. The van der Waals surface area contributed by atoms with E-state index >= 15 is 0 Å². The lowest BCUT2D eigenvalue weighted by atomic mass is 9.83. The molecule has 19 heavy (non-hydrogen) atoms. The van der Waals surface area contributed by atoms with Gasteiger partial charge in [0.1, 0.15) is 6.07 Å². The van der Waals surface area contributed by atoms with Crippen molar-refractivity contribution in [3.05, 3.63) is 34.3 Å². The van der Waals surface area contributed by atoms with Gasteiger partial charge in [-0.05, 0) is 37.0 Å². The fraction of sp³-hybridized carbons (Fsp3) is 0.533. The van der Waals surface area contributed by atoms with E-state index in [4.69, 9.17) is 9.47 Å². The van der Waals surface area contributed by atoms with E-state index in [1.165, 1.54) is 0 Å². The van der Waals surface area contributed by atoms with Crippen molar-refractivity contribution in [3.63, 3.8) is 0 Å². The predicted octanol–water partition coefficient (Wildman–Crippen LogP) is 3.82. The standard InChI is InChI=1S/C15H18BrNO2/c1-18-14-4-2-3-9-15(14,11-17)19-10-12-5-7-13(16)8-6-12/h5-8,14H,2-4,9-10H2,1H3/t14-,15+/m1/s1. The zero-order valence-corrected chi connectivity index (χ0v) is 12.6. The van der Waals surface area contributed by atoms with Crippen molar-refractivity contribution >= 4 is 15.9 Å². The fourth-order valence-electron chi connectivity index (χ4n) is 2.54. The van der Waals surface area contributed by atoms with E-state index in [1.807, 2.05) is 24.3 Å². The van der Waals surface area contributed by atoms with Crippen LogP contribution in [0.15, 0.2) is 28.7 Å². The van der Waals surface area contributed by atoms with E-state index in [0.717, 1.165) is 35.7 Å². The summed E-state index contributed by atoms with van der Waals surface area (Å²) in [6, 6.07) is 10.3. The lowest BCUT2D eigenvalue weighted by Gasteiger charge is -2.37. The zero-order valence-electron chi connectivity index (χ0n) is 11.1. The van der Waals surface area contributed by atoms with Gasteiger partial charge in [-0.25, -0.2) is 0 Å². The smallest absolute Gasteiger partial charge is 0.180 e. The third-order valence-corrected chi connectivity index (χ3v) is 4.20. The Morgan fingerprint density at radius 2 is 2.11 bits per heavy atom. The number of ether oxygens (including phenoxy) is 2. The summed E-state index contributed by atoms with van der Waals surface area (Å²) in [6.07, 6.45) is 3.64. The van der Waals surface area contributed by atoms with Crippen LogP contribution in [0.4, 0.5) is 0 Å². The van der Waals surface area contributed by atoms with Crippen molar-refractivity contribution in [3.8, 4) is 6.07 Å². The van der Waals surface area contributed by atoms with Crippen molar-refractivity contribution in [2.24, 2.45) is 0 Å². The molecule has 0 bridgehead atoms. The molecule has 0 radical (unpaired) electrons. The molecule has 1 saturated carbocycles. The number of rotatable bonds is 4. The van der Waals surface area contributed by atoms with E-state index in [9.17, 15) is 5.26 Å². The summed E-state index contributed by atoms with van der Waals surface area (Å²) in [4.78, 5) is 0. The van der Waals surface area contributed by atoms with Gasteiger partial charge in [-0.15, -0.1) is 0 Å². The van der Waals surface area contributed by atoms with Crippen molar-refractivity contribution in [1.82, 2.24) is 0 Å². The van der Waals surface area contributed by atoms with Gasteiger partial charge >= 0.3 is 0 Å². The molecule has 1 fully saturated rings. The Balaban J connectivity index is 2.06. The quantitative estimate of drug-likeness (QED) is 0.845. The predicted molar refractivity (Wildman–Crippen MR) is 76.5 cm³/mol. The summed E-state index contributed by atoms with van der Waals surface area (Å²) in [6.45, 7) is 0.445. The topological polar surface area (TPSA) is 42.2 Å². The number of nitrogens with zero attached hydrogens (tertiary/aromatic N) is 1. The summed E-state index contributed by atoms with van der Waals surface area (Å²) in [5.41, 5.74) is 0.276. The summed E-state index contributed by atoms with van der Waals surface area (Å²) in [5, 5.41) is 9.50. The summed E-state index contributed by atoms with van der Waals surface area (Å²) in [7, 11) is 1.66. The molecule has 1 aliphatic rings. The maximum atomic E-state index is 9.50. The molecule has 0 unspecified atom stereocenters. The molecule has 0 aliphatic heterocycles. The molecule has 0 aromatic heterocycles. The van der Waals surface area contributed by atoms with Crippen LogP contribution in [0.2, 0.25) is 0 Å². The van der Waals surface area contributed by atoms with Gasteiger partial charge in [0, 0.05) is 11.6 Å². The first-order chi connectivity index (χ1) is 9.20. The second-order valence-corrected chi connectivity index (χ2v) is 5.80. The van der Waals surface area contributed by atoms with Crippen LogP contribution < -0.4 is 0 Å². The number of hydrogen-bond donors (Lipinski definition) is 0. The highest BCUT2D eigenvalue weighted by molar-refractivity contribution is 9.10. The van der Waals surface area contributed by atoms with Gasteiger partial charge in [-0.3, -0.25) is 0 Å². The van der Waals surface area contributed by atoms with E-state index in [0.29, 0.717) is 6.61 Å². The van der Waals surface area contributed by atoms with Gasteiger partial charge in [0.05, 0.1) is 12.7 Å². The Bertz CT molecular complexity index is 454. The normalized spacial score (nSPS) is 26.9. The largest absolute Gasteiger partial charge is 0.377 e. The van der Waals surface area contributed by atoms with Crippen molar-refractivity contribution in [2.75, 3.05) is 7.11 Å². The summed E-state index contributed by atoms with van der Waals surface area (Å²) >= 11 is 3.40. The Labute approximate surface area is 122 Å². The molecule has 0 amide bonds. The lowest BCUT2D eigenvalue weighted by molar-refractivity contribution is -0.128. The van der Waals surface area contributed by atoms with Crippen LogP contribution in [-0.4, -0.2) is 18.8 Å².